The predicted octanol–water partition coefficient (Wildman–Crippen LogP) is 4.24. The number of nitrogens with zero attached hydrogens (tertiary/aromatic N) is 1. The average Bonchev–Trinajstić information content (AvgIpc) is 2.14. The van der Waals surface area contributed by atoms with Crippen molar-refractivity contribution in [2.45, 2.75) is 59.4 Å². The number of anilines is 1. The zero-order chi connectivity index (χ0) is 13.4. The van der Waals surface area contributed by atoms with Crippen molar-refractivity contribution >= 4 is 5.69 Å². The van der Waals surface area contributed by atoms with Crippen molar-refractivity contribution in [2.75, 3.05) is 5.06 Å². The highest BCUT2D eigenvalue weighted by Crippen LogP contribution is 2.31. The highest BCUT2D eigenvalue weighted by Gasteiger charge is 2.24. The molecular weight excluding hydrogens is 210 g/mol. The molecule has 0 atom stereocenters. The van der Waals surface area contributed by atoms with Crippen LogP contribution in [0.3, 0.4) is 0 Å². The summed E-state index contributed by atoms with van der Waals surface area (Å²) >= 11 is 0. The van der Waals surface area contributed by atoms with Gasteiger partial charge in [0.15, 0.2) is 0 Å². The molecule has 2 heteroatoms. The van der Waals surface area contributed by atoms with E-state index in [1.165, 1.54) is 5.56 Å². The number of rotatable bonds is 1. The Morgan fingerprint density at radius 3 is 1.94 bits per heavy atom. The summed E-state index contributed by atoms with van der Waals surface area (Å²) in [7, 11) is 0. The monoisotopic (exact) mass is 234 g/mol. The Hall–Kier alpha value is -1.02. The second-order valence-corrected chi connectivity index (χ2v) is 6.72. The molecular formula is C15H24NO. The molecule has 0 saturated carbocycles. The summed E-state index contributed by atoms with van der Waals surface area (Å²) < 4.78 is 0. The van der Waals surface area contributed by atoms with E-state index in [9.17, 15) is 5.21 Å². The fourth-order valence-electron chi connectivity index (χ4n) is 1.66. The van der Waals surface area contributed by atoms with Crippen LogP contribution in [-0.4, -0.2) is 5.54 Å². The van der Waals surface area contributed by atoms with Crippen molar-refractivity contribution in [1.82, 2.24) is 0 Å². The first-order chi connectivity index (χ1) is 7.53. The second-order valence-electron chi connectivity index (χ2n) is 6.72. The highest BCUT2D eigenvalue weighted by molar-refractivity contribution is 5.55. The predicted molar refractivity (Wildman–Crippen MR) is 72.8 cm³/mol. The maximum absolute atomic E-state index is 12.3. The molecule has 0 N–H and O–H groups in total. The van der Waals surface area contributed by atoms with Crippen LogP contribution in [-0.2, 0) is 10.6 Å². The zero-order valence-electron chi connectivity index (χ0n) is 12.1. The SMILES string of the molecule is Cc1ccc(C(C)(C)C)cc1N([O])C(C)(C)C. The highest BCUT2D eigenvalue weighted by atomic mass is 16.5. The van der Waals surface area contributed by atoms with Gasteiger partial charge in [0.2, 0.25) is 0 Å². The number of aryl methyl sites for hydroxylation is 1. The Morgan fingerprint density at radius 1 is 1.00 bits per heavy atom. The van der Waals surface area contributed by atoms with Crippen LogP contribution < -0.4 is 5.06 Å². The van der Waals surface area contributed by atoms with Gasteiger partial charge in [-0.15, -0.1) is 0 Å². The Labute approximate surface area is 105 Å². The van der Waals surface area contributed by atoms with Gasteiger partial charge >= 0.3 is 0 Å². The van der Waals surface area contributed by atoms with Crippen molar-refractivity contribution < 1.29 is 5.21 Å². The molecule has 0 bridgehead atoms. The minimum atomic E-state index is -0.402. The van der Waals surface area contributed by atoms with Gasteiger partial charge in [-0.2, -0.15) is 0 Å². The van der Waals surface area contributed by atoms with E-state index in [0.29, 0.717) is 0 Å². The van der Waals surface area contributed by atoms with Gasteiger partial charge < -0.3 is 0 Å². The minimum Gasteiger partial charge on any atom is -0.215 e. The molecule has 0 aliphatic heterocycles. The van der Waals surface area contributed by atoms with E-state index in [-0.39, 0.29) is 5.41 Å². The van der Waals surface area contributed by atoms with Crippen molar-refractivity contribution in [3.8, 4) is 0 Å². The van der Waals surface area contributed by atoms with Crippen LogP contribution in [0, 0.1) is 6.92 Å². The zero-order valence-corrected chi connectivity index (χ0v) is 12.1. The van der Waals surface area contributed by atoms with Crippen LogP contribution in [0.15, 0.2) is 18.2 Å². The van der Waals surface area contributed by atoms with E-state index in [1.807, 2.05) is 39.8 Å². The summed E-state index contributed by atoms with van der Waals surface area (Å²) in [6.45, 7) is 14.3. The molecule has 0 saturated heterocycles. The summed E-state index contributed by atoms with van der Waals surface area (Å²) in [6, 6.07) is 6.16. The van der Waals surface area contributed by atoms with E-state index in [4.69, 9.17) is 0 Å². The van der Waals surface area contributed by atoms with Crippen molar-refractivity contribution in [3.63, 3.8) is 0 Å². The molecule has 1 radical (unpaired) electrons. The number of hydroxylamine groups is 1. The summed E-state index contributed by atoms with van der Waals surface area (Å²) in [6.07, 6.45) is 0. The smallest absolute Gasteiger partial charge is 0.0706 e. The first-order valence-electron chi connectivity index (χ1n) is 6.12. The van der Waals surface area contributed by atoms with Crippen molar-refractivity contribution in [3.05, 3.63) is 29.3 Å². The molecule has 1 aromatic rings. The Bertz CT molecular complexity index is 396. The summed E-state index contributed by atoms with van der Waals surface area (Å²) in [5, 5.41) is 13.4. The third-order valence-corrected chi connectivity index (χ3v) is 2.90. The van der Waals surface area contributed by atoms with Crippen LogP contribution in [0.2, 0.25) is 0 Å². The quantitative estimate of drug-likeness (QED) is 0.666. The van der Waals surface area contributed by atoms with Gasteiger partial charge in [-0.05, 0) is 50.3 Å². The fraction of sp³-hybridized carbons (Fsp3) is 0.600. The van der Waals surface area contributed by atoms with E-state index in [1.54, 1.807) is 0 Å². The van der Waals surface area contributed by atoms with Gasteiger partial charge in [-0.1, -0.05) is 38.1 Å². The number of benzene rings is 1. The maximum Gasteiger partial charge on any atom is 0.0706 e. The molecule has 1 aromatic carbocycles. The van der Waals surface area contributed by atoms with Gasteiger partial charge in [0.05, 0.1) is 11.2 Å². The largest absolute Gasteiger partial charge is 0.215 e. The molecule has 2 nitrogen and oxygen atoms in total. The average molecular weight is 234 g/mol. The first-order valence-corrected chi connectivity index (χ1v) is 6.12. The molecule has 0 fully saturated rings. The molecule has 0 unspecified atom stereocenters. The van der Waals surface area contributed by atoms with Gasteiger partial charge in [0.25, 0.3) is 0 Å². The molecule has 0 spiro atoms. The summed E-state index contributed by atoms with van der Waals surface area (Å²) in [4.78, 5) is 0. The molecule has 17 heavy (non-hydrogen) atoms. The minimum absolute atomic E-state index is 0.0706. The summed E-state index contributed by atoms with van der Waals surface area (Å²) in [5.74, 6) is 0. The van der Waals surface area contributed by atoms with Crippen LogP contribution >= 0.6 is 0 Å². The Kier molecular flexibility index (Phi) is 3.58. The first kappa shape index (κ1) is 14.0. The van der Waals surface area contributed by atoms with E-state index in [0.717, 1.165) is 16.3 Å². The normalized spacial score (nSPS) is 12.7. The van der Waals surface area contributed by atoms with Crippen molar-refractivity contribution in [2.24, 2.45) is 0 Å². The summed E-state index contributed by atoms with van der Waals surface area (Å²) in [5.41, 5.74) is 2.68. The molecule has 95 valence electrons. The fourth-order valence-corrected chi connectivity index (χ4v) is 1.66. The molecule has 0 heterocycles. The third-order valence-electron chi connectivity index (χ3n) is 2.90. The van der Waals surface area contributed by atoms with Crippen LogP contribution in [0.4, 0.5) is 5.69 Å². The lowest BCUT2D eigenvalue weighted by atomic mass is 9.86. The number of hydrogen-bond donors (Lipinski definition) is 0. The van der Waals surface area contributed by atoms with Gasteiger partial charge in [-0.3, -0.25) is 0 Å². The lowest BCUT2D eigenvalue weighted by molar-refractivity contribution is 0.102. The second kappa shape index (κ2) is 4.34. The molecule has 0 amide bonds. The lowest BCUT2D eigenvalue weighted by Gasteiger charge is -2.31. The molecule has 1 rings (SSSR count). The van der Waals surface area contributed by atoms with E-state index >= 15 is 0 Å². The Morgan fingerprint density at radius 2 is 1.53 bits per heavy atom. The Balaban J connectivity index is 3.25. The maximum atomic E-state index is 12.3. The molecule has 0 aromatic heterocycles. The third kappa shape index (κ3) is 3.22. The van der Waals surface area contributed by atoms with Gasteiger partial charge in [0.1, 0.15) is 0 Å². The number of hydrogen-bond acceptors (Lipinski definition) is 1. The molecule has 0 aliphatic carbocycles. The van der Waals surface area contributed by atoms with E-state index in [2.05, 4.69) is 26.8 Å². The van der Waals surface area contributed by atoms with E-state index < -0.39 is 5.54 Å². The van der Waals surface area contributed by atoms with Gasteiger partial charge in [-0.25, -0.2) is 5.06 Å². The van der Waals surface area contributed by atoms with Gasteiger partial charge in [0, 0.05) is 0 Å². The van der Waals surface area contributed by atoms with Crippen LogP contribution in [0.5, 0.6) is 0 Å². The van der Waals surface area contributed by atoms with Crippen LogP contribution in [0.1, 0.15) is 52.7 Å². The van der Waals surface area contributed by atoms with Crippen LogP contribution in [0.25, 0.3) is 0 Å². The topological polar surface area (TPSA) is 23.1 Å². The molecule has 0 aliphatic rings. The lowest BCUT2D eigenvalue weighted by Crippen LogP contribution is -2.38. The van der Waals surface area contributed by atoms with Crippen molar-refractivity contribution in [1.29, 1.82) is 0 Å². The standard InChI is InChI=1S/C15H24NO/c1-11-8-9-12(14(2,3)4)10-13(11)16(17)15(5,6)7/h8-10H,1-7H3.